The Hall–Kier alpha value is -2.48. The predicted molar refractivity (Wildman–Crippen MR) is 71.6 cm³/mol. The van der Waals surface area contributed by atoms with Gasteiger partial charge in [0.1, 0.15) is 0 Å². The van der Waals surface area contributed by atoms with Gasteiger partial charge >= 0.3 is 0 Å². The number of pyridine rings is 1. The van der Waals surface area contributed by atoms with E-state index in [2.05, 4.69) is 4.98 Å². The number of hydrogen-bond donors (Lipinski definition) is 0. The van der Waals surface area contributed by atoms with Crippen molar-refractivity contribution in [3.63, 3.8) is 0 Å². The Morgan fingerprint density at radius 2 is 1.56 bits per heavy atom. The van der Waals surface area contributed by atoms with E-state index in [0.717, 1.165) is 10.9 Å². The standard InChI is InChI=1S/C16H11NO/c18-16(12-6-2-1-3-7-12)14-10-13-8-4-5-9-15(13)17-11-14/h1-11H. The molecule has 0 saturated heterocycles. The third-order valence-corrected chi connectivity index (χ3v) is 2.89. The van der Waals surface area contributed by atoms with Crippen LogP contribution in [-0.4, -0.2) is 10.8 Å². The Morgan fingerprint density at radius 1 is 0.833 bits per heavy atom. The molecule has 0 unspecified atom stereocenters. The monoisotopic (exact) mass is 233 g/mol. The molecule has 18 heavy (non-hydrogen) atoms. The molecule has 0 bridgehead atoms. The highest BCUT2D eigenvalue weighted by atomic mass is 16.1. The van der Waals surface area contributed by atoms with Crippen LogP contribution in [0.3, 0.4) is 0 Å². The van der Waals surface area contributed by atoms with Crippen LogP contribution in [0.2, 0.25) is 0 Å². The zero-order valence-corrected chi connectivity index (χ0v) is 9.71. The van der Waals surface area contributed by atoms with E-state index in [1.54, 1.807) is 6.20 Å². The van der Waals surface area contributed by atoms with E-state index in [1.807, 2.05) is 60.7 Å². The van der Waals surface area contributed by atoms with Gasteiger partial charge in [-0.25, -0.2) is 0 Å². The number of aromatic nitrogens is 1. The summed E-state index contributed by atoms with van der Waals surface area (Å²) in [4.78, 5) is 16.6. The molecule has 3 rings (SSSR count). The van der Waals surface area contributed by atoms with Crippen LogP contribution in [-0.2, 0) is 0 Å². The first-order chi connectivity index (χ1) is 8.84. The fraction of sp³-hybridized carbons (Fsp3) is 0. The summed E-state index contributed by atoms with van der Waals surface area (Å²) < 4.78 is 0. The average molecular weight is 233 g/mol. The van der Waals surface area contributed by atoms with Crippen molar-refractivity contribution in [3.8, 4) is 0 Å². The maximum absolute atomic E-state index is 12.2. The van der Waals surface area contributed by atoms with Gasteiger partial charge in [-0.2, -0.15) is 0 Å². The first-order valence-electron chi connectivity index (χ1n) is 5.79. The summed E-state index contributed by atoms with van der Waals surface area (Å²) in [6, 6.07) is 18.9. The van der Waals surface area contributed by atoms with Crippen LogP contribution < -0.4 is 0 Å². The van der Waals surface area contributed by atoms with Gasteiger partial charge in [-0.3, -0.25) is 9.78 Å². The Kier molecular flexibility index (Phi) is 2.61. The number of carbonyl (C=O) groups excluding carboxylic acids is 1. The van der Waals surface area contributed by atoms with E-state index in [9.17, 15) is 4.79 Å². The molecule has 2 heteroatoms. The lowest BCUT2D eigenvalue weighted by Crippen LogP contribution is -2.01. The molecule has 1 aromatic heterocycles. The lowest BCUT2D eigenvalue weighted by atomic mass is 10.0. The molecular weight excluding hydrogens is 222 g/mol. The fourth-order valence-corrected chi connectivity index (χ4v) is 1.95. The van der Waals surface area contributed by atoms with E-state index >= 15 is 0 Å². The molecule has 0 atom stereocenters. The zero-order chi connectivity index (χ0) is 12.4. The molecule has 0 amide bonds. The second-order valence-corrected chi connectivity index (χ2v) is 4.11. The summed E-state index contributed by atoms with van der Waals surface area (Å²) in [6.07, 6.45) is 1.64. The lowest BCUT2D eigenvalue weighted by molar-refractivity contribution is 0.103. The summed E-state index contributed by atoms with van der Waals surface area (Å²) in [6.45, 7) is 0. The molecular formula is C16H11NO. The largest absolute Gasteiger partial charge is 0.289 e. The van der Waals surface area contributed by atoms with E-state index in [0.29, 0.717) is 11.1 Å². The number of carbonyl (C=O) groups is 1. The quantitative estimate of drug-likeness (QED) is 0.634. The number of nitrogens with zero attached hydrogens (tertiary/aromatic N) is 1. The molecule has 0 aliphatic heterocycles. The Bertz CT molecular complexity index is 704. The van der Waals surface area contributed by atoms with Crippen LogP contribution in [0, 0.1) is 0 Å². The molecule has 2 aromatic carbocycles. The minimum Gasteiger partial charge on any atom is -0.289 e. The maximum atomic E-state index is 12.2. The second kappa shape index (κ2) is 4.41. The van der Waals surface area contributed by atoms with Crippen molar-refractivity contribution in [3.05, 3.63) is 78.0 Å². The van der Waals surface area contributed by atoms with Gasteiger partial charge in [0.2, 0.25) is 0 Å². The van der Waals surface area contributed by atoms with Gasteiger partial charge in [0.25, 0.3) is 0 Å². The van der Waals surface area contributed by atoms with Crippen LogP contribution in [0.15, 0.2) is 66.9 Å². The van der Waals surface area contributed by atoms with E-state index in [-0.39, 0.29) is 5.78 Å². The first-order valence-corrected chi connectivity index (χ1v) is 5.79. The van der Waals surface area contributed by atoms with Crippen LogP contribution in [0.1, 0.15) is 15.9 Å². The summed E-state index contributed by atoms with van der Waals surface area (Å²) in [5, 5.41) is 0.985. The van der Waals surface area contributed by atoms with Crippen molar-refractivity contribution in [1.82, 2.24) is 4.98 Å². The number of para-hydroxylation sites is 1. The van der Waals surface area contributed by atoms with Gasteiger partial charge in [0.05, 0.1) is 5.52 Å². The maximum Gasteiger partial charge on any atom is 0.194 e. The van der Waals surface area contributed by atoms with Crippen molar-refractivity contribution in [2.75, 3.05) is 0 Å². The summed E-state index contributed by atoms with van der Waals surface area (Å²) in [7, 11) is 0. The summed E-state index contributed by atoms with van der Waals surface area (Å²) in [5.74, 6) is 0.00820. The van der Waals surface area contributed by atoms with Crippen molar-refractivity contribution < 1.29 is 4.79 Å². The van der Waals surface area contributed by atoms with Gasteiger partial charge in [-0.05, 0) is 12.1 Å². The Morgan fingerprint density at radius 3 is 2.39 bits per heavy atom. The van der Waals surface area contributed by atoms with E-state index < -0.39 is 0 Å². The normalized spacial score (nSPS) is 10.4. The zero-order valence-electron chi connectivity index (χ0n) is 9.71. The SMILES string of the molecule is O=C(c1ccccc1)c1cnc2ccccc2c1. The van der Waals surface area contributed by atoms with Gasteiger partial charge in [-0.15, -0.1) is 0 Å². The molecule has 0 aliphatic rings. The number of fused-ring (bicyclic) bond motifs is 1. The van der Waals surface area contributed by atoms with Crippen LogP contribution in [0.5, 0.6) is 0 Å². The van der Waals surface area contributed by atoms with E-state index in [1.165, 1.54) is 0 Å². The molecule has 0 saturated carbocycles. The van der Waals surface area contributed by atoms with Crippen molar-refractivity contribution >= 4 is 16.7 Å². The van der Waals surface area contributed by atoms with Gasteiger partial charge in [0, 0.05) is 22.7 Å². The van der Waals surface area contributed by atoms with Crippen molar-refractivity contribution in [2.45, 2.75) is 0 Å². The third kappa shape index (κ3) is 1.89. The number of rotatable bonds is 2. The molecule has 86 valence electrons. The topological polar surface area (TPSA) is 30.0 Å². The molecule has 1 heterocycles. The molecule has 3 aromatic rings. The number of hydrogen-bond acceptors (Lipinski definition) is 2. The molecule has 0 fully saturated rings. The molecule has 0 radical (unpaired) electrons. The second-order valence-electron chi connectivity index (χ2n) is 4.11. The summed E-state index contributed by atoms with van der Waals surface area (Å²) in [5.41, 5.74) is 2.22. The highest BCUT2D eigenvalue weighted by molar-refractivity contribution is 6.10. The smallest absolute Gasteiger partial charge is 0.194 e. The molecule has 0 aliphatic carbocycles. The van der Waals surface area contributed by atoms with Crippen LogP contribution in [0.25, 0.3) is 10.9 Å². The molecule has 2 nitrogen and oxygen atoms in total. The van der Waals surface area contributed by atoms with Crippen molar-refractivity contribution in [1.29, 1.82) is 0 Å². The van der Waals surface area contributed by atoms with Crippen LogP contribution >= 0.6 is 0 Å². The van der Waals surface area contributed by atoms with Gasteiger partial charge in [-0.1, -0.05) is 48.5 Å². The lowest BCUT2D eigenvalue weighted by Gasteiger charge is -2.02. The fourth-order valence-electron chi connectivity index (χ4n) is 1.95. The Balaban J connectivity index is 2.07. The third-order valence-electron chi connectivity index (χ3n) is 2.89. The first kappa shape index (κ1) is 10.7. The summed E-state index contributed by atoms with van der Waals surface area (Å²) >= 11 is 0. The molecule has 0 N–H and O–H groups in total. The highest BCUT2D eigenvalue weighted by Gasteiger charge is 2.09. The van der Waals surface area contributed by atoms with Crippen LogP contribution in [0.4, 0.5) is 0 Å². The predicted octanol–water partition coefficient (Wildman–Crippen LogP) is 3.47. The highest BCUT2D eigenvalue weighted by Crippen LogP contribution is 2.15. The average Bonchev–Trinajstić information content (AvgIpc) is 2.47. The Labute approximate surface area is 105 Å². The van der Waals surface area contributed by atoms with Gasteiger partial charge in [0.15, 0.2) is 5.78 Å². The number of benzene rings is 2. The number of ketones is 1. The molecule has 0 spiro atoms. The van der Waals surface area contributed by atoms with Gasteiger partial charge < -0.3 is 0 Å². The minimum atomic E-state index is 0.00820. The van der Waals surface area contributed by atoms with E-state index in [4.69, 9.17) is 0 Å². The van der Waals surface area contributed by atoms with Crippen molar-refractivity contribution in [2.24, 2.45) is 0 Å². The minimum absolute atomic E-state index is 0.00820.